The number of fused-ring (bicyclic) bond motifs is 6. The molecule has 5 heteroatoms. The number of rotatable bonds is 6. The van der Waals surface area contributed by atoms with E-state index in [0.29, 0.717) is 17.5 Å². The molecule has 8 aromatic carbocycles. The lowest BCUT2D eigenvalue weighted by molar-refractivity contribution is 0.669. The molecule has 4 nitrogen and oxygen atoms in total. The lowest BCUT2D eigenvalue weighted by Gasteiger charge is -2.11. The SMILES string of the molecule is c1ccc(-c2cccc(-c3nc(-c4ccccc4)nc(-c4ccc5c(c4)sc4ccc(-c6ccccc6-c6ccc7oc8ccccc8c7c6)cc45)n3)c2)cc1. The van der Waals surface area contributed by atoms with Gasteiger partial charge in [-0.1, -0.05) is 146 Å². The molecule has 0 spiro atoms. The van der Waals surface area contributed by atoms with Crippen molar-refractivity contribution in [1.29, 1.82) is 0 Å². The molecule has 0 radical (unpaired) electrons. The van der Waals surface area contributed by atoms with E-state index in [2.05, 4.69) is 140 Å². The van der Waals surface area contributed by atoms with Gasteiger partial charge in [-0.2, -0.15) is 0 Å². The molecule has 11 rings (SSSR count). The van der Waals surface area contributed by atoms with Crippen LogP contribution in [-0.2, 0) is 0 Å². The van der Waals surface area contributed by atoms with E-state index in [0.717, 1.165) is 55.3 Å². The van der Waals surface area contributed by atoms with Gasteiger partial charge >= 0.3 is 0 Å². The molecule has 0 saturated heterocycles. The van der Waals surface area contributed by atoms with Crippen molar-refractivity contribution in [2.75, 3.05) is 0 Å². The first-order valence-corrected chi connectivity index (χ1v) is 19.5. The van der Waals surface area contributed by atoms with Gasteiger partial charge in [-0.15, -0.1) is 11.3 Å². The van der Waals surface area contributed by atoms with Gasteiger partial charge in [0.15, 0.2) is 17.5 Å². The molecule has 0 N–H and O–H groups in total. The summed E-state index contributed by atoms with van der Waals surface area (Å²) >= 11 is 1.80. The predicted molar refractivity (Wildman–Crippen MR) is 233 cm³/mol. The van der Waals surface area contributed by atoms with Gasteiger partial charge in [0.2, 0.25) is 0 Å². The second-order valence-electron chi connectivity index (χ2n) is 14.0. The molecule has 0 aliphatic carbocycles. The summed E-state index contributed by atoms with van der Waals surface area (Å²) in [7, 11) is 0. The largest absolute Gasteiger partial charge is 0.456 e. The lowest BCUT2D eigenvalue weighted by atomic mass is 9.93. The number of nitrogens with zero attached hydrogens (tertiary/aromatic N) is 3. The molecule has 0 unspecified atom stereocenters. The monoisotopic (exact) mass is 733 g/mol. The quantitative estimate of drug-likeness (QED) is 0.171. The zero-order valence-electron chi connectivity index (χ0n) is 30.1. The summed E-state index contributed by atoms with van der Waals surface area (Å²) in [5.41, 5.74) is 11.7. The molecule has 11 aromatic rings. The van der Waals surface area contributed by atoms with Crippen molar-refractivity contribution < 1.29 is 4.42 Å². The summed E-state index contributed by atoms with van der Waals surface area (Å²) in [4.78, 5) is 15.1. The maximum Gasteiger partial charge on any atom is 0.164 e. The van der Waals surface area contributed by atoms with Crippen LogP contribution in [0.3, 0.4) is 0 Å². The number of para-hydroxylation sites is 1. The maximum atomic E-state index is 6.14. The van der Waals surface area contributed by atoms with Gasteiger partial charge in [0, 0.05) is 47.6 Å². The van der Waals surface area contributed by atoms with E-state index in [9.17, 15) is 0 Å². The van der Waals surface area contributed by atoms with E-state index in [-0.39, 0.29) is 0 Å². The van der Waals surface area contributed by atoms with Crippen molar-refractivity contribution in [3.8, 4) is 67.5 Å². The van der Waals surface area contributed by atoms with E-state index >= 15 is 0 Å². The standard InChI is InChI=1S/C51H31N3OS/c1-3-12-32(13-4-1)34-16-11-17-37(28-34)50-52-49(33-14-5-2-6-15-33)53-51(54-50)38-22-25-42-44-30-36(24-27-47(44)56-48(42)31-38)40-19-8-7-18-39(40)35-23-26-46-43(29-35)41-20-9-10-21-45(41)55-46/h1-31H. The van der Waals surface area contributed by atoms with E-state index in [4.69, 9.17) is 19.4 Å². The minimum atomic E-state index is 0.645. The van der Waals surface area contributed by atoms with Gasteiger partial charge in [-0.25, -0.2) is 15.0 Å². The van der Waals surface area contributed by atoms with Crippen LogP contribution >= 0.6 is 11.3 Å². The fraction of sp³-hybridized carbons (Fsp3) is 0. The Morgan fingerprint density at radius 2 is 0.857 bits per heavy atom. The molecule has 56 heavy (non-hydrogen) atoms. The van der Waals surface area contributed by atoms with Gasteiger partial charge in [-0.05, 0) is 75.8 Å². The highest BCUT2D eigenvalue weighted by Gasteiger charge is 2.16. The molecular weight excluding hydrogens is 703 g/mol. The van der Waals surface area contributed by atoms with Gasteiger partial charge in [0.05, 0.1) is 0 Å². The molecular formula is C51H31N3OS. The maximum absolute atomic E-state index is 6.14. The summed E-state index contributed by atoms with van der Waals surface area (Å²) in [6.07, 6.45) is 0. The van der Waals surface area contributed by atoms with Crippen LogP contribution in [0.4, 0.5) is 0 Å². The number of furan rings is 1. The molecule has 0 saturated carbocycles. The topological polar surface area (TPSA) is 51.8 Å². The van der Waals surface area contributed by atoms with Crippen molar-refractivity contribution in [3.63, 3.8) is 0 Å². The number of benzene rings is 8. The van der Waals surface area contributed by atoms with Crippen LogP contribution in [0.15, 0.2) is 192 Å². The van der Waals surface area contributed by atoms with Crippen LogP contribution in [0.2, 0.25) is 0 Å². The zero-order chi connectivity index (χ0) is 37.0. The third kappa shape index (κ3) is 5.65. The number of hydrogen-bond donors (Lipinski definition) is 0. The minimum absolute atomic E-state index is 0.645. The Labute approximate surface area is 327 Å². The number of thiophene rings is 1. The lowest BCUT2D eigenvalue weighted by Crippen LogP contribution is -2.00. The second-order valence-corrected chi connectivity index (χ2v) is 15.1. The number of aromatic nitrogens is 3. The Morgan fingerprint density at radius 3 is 1.62 bits per heavy atom. The minimum Gasteiger partial charge on any atom is -0.456 e. The number of hydrogen-bond acceptors (Lipinski definition) is 5. The summed E-state index contributed by atoms with van der Waals surface area (Å²) in [6.45, 7) is 0. The Kier molecular flexibility index (Phi) is 7.64. The molecule has 262 valence electrons. The van der Waals surface area contributed by atoms with Crippen LogP contribution in [0, 0.1) is 0 Å². The van der Waals surface area contributed by atoms with Gasteiger partial charge in [0.1, 0.15) is 11.2 Å². The smallest absolute Gasteiger partial charge is 0.164 e. The van der Waals surface area contributed by atoms with Crippen LogP contribution in [0.5, 0.6) is 0 Å². The Hall–Kier alpha value is -7.21. The Bertz CT molecular complexity index is 3260. The van der Waals surface area contributed by atoms with Crippen LogP contribution in [0.25, 0.3) is 110 Å². The molecule has 3 aromatic heterocycles. The third-order valence-corrected chi connectivity index (χ3v) is 11.7. The molecule has 0 amide bonds. The van der Waals surface area contributed by atoms with Crippen LogP contribution in [0.1, 0.15) is 0 Å². The van der Waals surface area contributed by atoms with Gasteiger partial charge in [0.25, 0.3) is 0 Å². The fourth-order valence-electron chi connectivity index (χ4n) is 7.78. The highest BCUT2D eigenvalue weighted by Crippen LogP contribution is 2.41. The Morgan fingerprint density at radius 1 is 0.304 bits per heavy atom. The molecule has 3 heterocycles. The molecule has 0 aliphatic heterocycles. The molecule has 0 fully saturated rings. The van der Waals surface area contributed by atoms with E-state index in [1.165, 1.54) is 36.9 Å². The second kappa shape index (κ2) is 13.3. The summed E-state index contributed by atoms with van der Waals surface area (Å²) in [6, 6.07) is 65.8. The van der Waals surface area contributed by atoms with Crippen LogP contribution < -0.4 is 0 Å². The fourth-order valence-corrected chi connectivity index (χ4v) is 8.91. The molecule has 0 aliphatic rings. The van der Waals surface area contributed by atoms with E-state index in [1.807, 2.05) is 48.5 Å². The summed E-state index contributed by atoms with van der Waals surface area (Å²) < 4.78 is 8.57. The highest BCUT2D eigenvalue weighted by molar-refractivity contribution is 7.25. The van der Waals surface area contributed by atoms with Crippen molar-refractivity contribution in [1.82, 2.24) is 15.0 Å². The van der Waals surface area contributed by atoms with Crippen molar-refractivity contribution in [2.24, 2.45) is 0 Å². The summed E-state index contributed by atoms with van der Waals surface area (Å²) in [5.74, 6) is 1.94. The predicted octanol–water partition coefficient (Wildman–Crippen LogP) is 14.1. The van der Waals surface area contributed by atoms with Crippen molar-refractivity contribution in [3.05, 3.63) is 188 Å². The molecule has 0 atom stereocenters. The molecule has 0 bridgehead atoms. The normalized spacial score (nSPS) is 11.6. The Balaban J connectivity index is 0.999. The van der Waals surface area contributed by atoms with Gasteiger partial charge in [-0.3, -0.25) is 0 Å². The van der Waals surface area contributed by atoms with Crippen LogP contribution in [-0.4, -0.2) is 15.0 Å². The first kappa shape index (κ1) is 32.2. The van der Waals surface area contributed by atoms with Crippen molar-refractivity contribution in [2.45, 2.75) is 0 Å². The average Bonchev–Trinajstić information content (AvgIpc) is 3.84. The first-order valence-electron chi connectivity index (χ1n) is 18.7. The highest BCUT2D eigenvalue weighted by atomic mass is 32.1. The average molecular weight is 734 g/mol. The zero-order valence-corrected chi connectivity index (χ0v) is 30.9. The van der Waals surface area contributed by atoms with Crippen molar-refractivity contribution >= 4 is 53.4 Å². The summed E-state index contributed by atoms with van der Waals surface area (Å²) in [5, 5.41) is 4.71. The van der Waals surface area contributed by atoms with E-state index < -0.39 is 0 Å². The van der Waals surface area contributed by atoms with E-state index in [1.54, 1.807) is 11.3 Å². The first-order chi connectivity index (χ1) is 27.7. The third-order valence-electron chi connectivity index (χ3n) is 10.6. The van der Waals surface area contributed by atoms with Gasteiger partial charge < -0.3 is 4.42 Å².